The summed E-state index contributed by atoms with van der Waals surface area (Å²) in [7, 11) is 0. The van der Waals surface area contributed by atoms with E-state index in [2.05, 4.69) is 5.32 Å². The summed E-state index contributed by atoms with van der Waals surface area (Å²) < 4.78 is 2.01. The molecule has 1 aromatic carbocycles. The molecule has 2 heterocycles. The summed E-state index contributed by atoms with van der Waals surface area (Å²) in [5.41, 5.74) is 8.13. The topological polar surface area (TPSA) is 80.4 Å². The Labute approximate surface area is 157 Å². The highest BCUT2D eigenvalue weighted by Gasteiger charge is 2.30. The van der Waals surface area contributed by atoms with E-state index in [0.29, 0.717) is 35.8 Å². The number of para-hydroxylation sites is 1. The minimum absolute atomic E-state index is 0.217. The molecule has 0 spiro atoms. The maximum absolute atomic E-state index is 12.6. The first kappa shape index (κ1) is 18.1. The number of benzene rings is 1. The third-order valence-corrected chi connectivity index (χ3v) is 4.86. The van der Waals surface area contributed by atoms with Gasteiger partial charge in [0.25, 0.3) is 5.91 Å². The average molecular weight is 373 g/mol. The Morgan fingerprint density at radius 2 is 2.00 bits per heavy atom. The number of primary amides is 1. The van der Waals surface area contributed by atoms with E-state index in [9.17, 15) is 9.59 Å². The monoisotopic (exact) mass is 372 g/mol. The van der Waals surface area contributed by atoms with Crippen molar-refractivity contribution in [2.75, 3.05) is 11.9 Å². The first-order chi connectivity index (χ1) is 12.5. The molecule has 3 amide bonds. The quantitative estimate of drug-likeness (QED) is 0.806. The molecule has 6 nitrogen and oxygen atoms in total. The Balaban J connectivity index is 1.87. The van der Waals surface area contributed by atoms with Crippen molar-refractivity contribution in [1.29, 1.82) is 0 Å². The van der Waals surface area contributed by atoms with Crippen molar-refractivity contribution in [1.82, 2.24) is 9.47 Å². The van der Waals surface area contributed by atoms with Crippen LogP contribution in [0, 0.1) is 0 Å². The lowest BCUT2D eigenvalue weighted by molar-refractivity contribution is 0.0997. The Hall–Kier alpha value is -2.73. The largest absolute Gasteiger partial charge is 0.365 e. The van der Waals surface area contributed by atoms with Gasteiger partial charge in [0.2, 0.25) is 0 Å². The number of nitrogens with two attached hydrogens (primary N) is 1. The minimum Gasteiger partial charge on any atom is -0.365 e. The number of hydrogen-bond donors (Lipinski definition) is 2. The van der Waals surface area contributed by atoms with Crippen molar-refractivity contribution in [3.8, 4) is 0 Å². The number of anilines is 1. The fourth-order valence-electron chi connectivity index (χ4n) is 3.18. The third kappa shape index (κ3) is 3.46. The van der Waals surface area contributed by atoms with E-state index in [1.807, 2.05) is 54.0 Å². The number of allylic oxidation sites excluding steroid dienone is 2. The molecule has 26 heavy (non-hydrogen) atoms. The number of nitrogens with zero attached hydrogens (tertiary/aromatic N) is 2. The second kappa shape index (κ2) is 7.66. The predicted octanol–water partition coefficient (Wildman–Crippen LogP) is 3.41. The average Bonchev–Trinajstić information content (AvgIpc) is 2.91. The van der Waals surface area contributed by atoms with Gasteiger partial charge in [0.15, 0.2) is 0 Å². The number of urea groups is 1. The Morgan fingerprint density at radius 3 is 2.65 bits per heavy atom. The molecule has 0 unspecified atom stereocenters. The SMILES string of the molecule is C/C=C\Cc1c(Cl)c(C(N)=O)c2n1CCN(C(=O)Nc1ccccc1)C2. The first-order valence-electron chi connectivity index (χ1n) is 8.44. The Kier molecular flexibility index (Phi) is 5.32. The number of nitrogens with one attached hydrogen (secondary N) is 1. The van der Waals surface area contributed by atoms with E-state index in [0.717, 1.165) is 11.4 Å². The number of aromatic nitrogens is 1. The molecule has 0 radical (unpaired) electrons. The summed E-state index contributed by atoms with van der Waals surface area (Å²) in [4.78, 5) is 26.2. The molecule has 0 aliphatic carbocycles. The number of carbonyl (C=O) groups is 2. The van der Waals surface area contributed by atoms with Gasteiger partial charge in [-0.25, -0.2) is 4.79 Å². The van der Waals surface area contributed by atoms with Crippen LogP contribution in [-0.4, -0.2) is 28.0 Å². The molecule has 0 saturated heterocycles. The van der Waals surface area contributed by atoms with Crippen molar-refractivity contribution in [3.63, 3.8) is 0 Å². The highest BCUT2D eigenvalue weighted by atomic mass is 35.5. The number of halogens is 1. The molecule has 0 saturated carbocycles. The fraction of sp³-hybridized carbons (Fsp3) is 0.263. The Bertz CT molecular complexity index is 858. The van der Waals surface area contributed by atoms with Crippen LogP contribution in [0.25, 0.3) is 0 Å². The summed E-state index contributed by atoms with van der Waals surface area (Å²) >= 11 is 6.43. The van der Waals surface area contributed by atoms with Crippen LogP contribution in [0.3, 0.4) is 0 Å². The number of hydrogen-bond acceptors (Lipinski definition) is 2. The van der Waals surface area contributed by atoms with Crippen molar-refractivity contribution in [2.45, 2.75) is 26.4 Å². The second-order valence-corrected chi connectivity index (χ2v) is 6.47. The standard InChI is InChI=1S/C19H21ClN4O2/c1-2-3-9-14-17(20)16(18(21)25)15-12-23(10-11-24(14)15)19(26)22-13-7-5-4-6-8-13/h2-8H,9-12H2,1H3,(H2,21,25)(H,22,26)/b3-2-. The lowest BCUT2D eigenvalue weighted by Crippen LogP contribution is -2.41. The molecule has 7 heteroatoms. The van der Waals surface area contributed by atoms with Gasteiger partial charge in [0.05, 0.1) is 22.8 Å². The van der Waals surface area contributed by atoms with Gasteiger partial charge in [0, 0.05) is 30.9 Å². The van der Waals surface area contributed by atoms with Gasteiger partial charge in [0.1, 0.15) is 0 Å². The van der Waals surface area contributed by atoms with E-state index >= 15 is 0 Å². The fourth-order valence-corrected chi connectivity index (χ4v) is 3.56. The van der Waals surface area contributed by atoms with Crippen LogP contribution >= 0.6 is 11.6 Å². The smallest absolute Gasteiger partial charge is 0.322 e. The molecule has 3 N–H and O–H groups in total. The Morgan fingerprint density at radius 1 is 1.27 bits per heavy atom. The molecule has 2 aromatic rings. The number of carbonyl (C=O) groups excluding carboxylic acids is 2. The summed E-state index contributed by atoms with van der Waals surface area (Å²) in [5, 5.41) is 3.25. The van der Waals surface area contributed by atoms with E-state index in [-0.39, 0.29) is 12.6 Å². The van der Waals surface area contributed by atoms with Gasteiger partial charge < -0.3 is 20.5 Å². The van der Waals surface area contributed by atoms with Gasteiger partial charge in [-0.3, -0.25) is 4.79 Å². The van der Waals surface area contributed by atoms with Crippen LogP contribution in [-0.2, 0) is 19.5 Å². The molecular weight excluding hydrogens is 352 g/mol. The van der Waals surface area contributed by atoms with Gasteiger partial charge in [-0.1, -0.05) is 42.0 Å². The maximum Gasteiger partial charge on any atom is 0.322 e. The zero-order chi connectivity index (χ0) is 18.7. The molecule has 0 bridgehead atoms. The van der Waals surface area contributed by atoms with Crippen LogP contribution in [0.5, 0.6) is 0 Å². The highest BCUT2D eigenvalue weighted by Crippen LogP contribution is 2.32. The summed E-state index contributed by atoms with van der Waals surface area (Å²) in [6.45, 7) is 3.31. The summed E-state index contributed by atoms with van der Waals surface area (Å²) in [6, 6.07) is 9.03. The first-order valence-corrected chi connectivity index (χ1v) is 8.82. The number of fused-ring (bicyclic) bond motifs is 1. The summed E-state index contributed by atoms with van der Waals surface area (Å²) in [6.07, 6.45) is 4.53. The van der Waals surface area contributed by atoms with Gasteiger partial charge >= 0.3 is 6.03 Å². The molecule has 1 aliphatic heterocycles. The number of amides is 3. The third-order valence-electron chi connectivity index (χ3n) is 4.45. The van der Waals surface area contributed by atoms with E-state index < -0.39 is 5.91 Å². The maximum atomic E-state index is 12.6. The van der Waals surface area contributed by atoms with Gasteiger partial charge in [-0.05, 0) is 19.1 Å². The summed E-state index contributed by atoms with van der Waals surface area (Å²) in [5.74, 6) is -0.573. The second-order valence-electron chi connectivity index (χ2n) is 6.09. The molecule has 3 rings (SSSR count). The molecule has 136 valence electrons. The van der Waals surface area contributed by atoms with Crippen LogP contribution in [0.2, 0.25) is 5.02 Å². The molecule has 1 aromatic heterocycles. The molecule has 0 atom stereocenters. The van der Waals surface area contributed by atoms with Gasteiger partial charge in [-0.15, -0.1) is 0 Å². The van der Waals surface area contributed by atoms with Crippen LogP contribution in [0.1, 0.15) is 28.7 Å². The lowest BCUT2D eigenvalue weighted by Gasteiger charge is -2.30. The zero-order valence-electron chi connectivity index (χ0n) is 14.5. The predicted molar refractivity (Wildman–Crippen MR) is 102 cm³/mol. The van der Waals surface area contributed by atoms with Crippen molar-refractivity contribution in [3.05, 3.63) is 64.5 Å². The van der Waals surface area contributed by atoms with Crippen LogP contribution in [0.4, 0.5) is 10.5 Å². The normalized spacial score (nSPS) is 13.7. The molecule has 1 aliphatic rings. The van der Waals surface area contributed by atoms with Crippen molar-refractivity contribution in [2.24, 2.45) is 5.73 Å². The van der Waals surface area contributed by atoms with Crippen LogP contribution < -0.4 is 11.1 Å². The lowest BCUT2D eigenvalue weighted by atomic mass is 10.2. The molecule has 0 fully saturated rings. The number of rotatable bonds is 4. The molecular formula is C19H21ClN4O2. The minimum atomic E-state index is -0.573. The van der Waals surface area contributed by atoms with E-state index in [1.54, 1.807) is 4.90 Å². The highest BCUT2D eigenvalue weighted by molar-refractivity contribution is 6.34. The van der Waals surface area contributed by atoms with E-state index in [1.165, 1.54) is 0 Å². The van der Waals surface area contributed by atoms with Crippen LogP contribution in [0.15, 0.2) is 42.5 Å². The van der Waals surface area contributed by atoms with Crippen molar-refractivity contribution < 1.29 is 9.59 Å². The zero-order valence-corrected chi connectivity index (χ0v) is 15.3. The van der Waals surface area contributed by atoms with Crippen molar-refractivity contribution >= 4 is 29.2 Å². The van der Waals surface area contributed by atoms with E-state index in [4.69, 9.17) is 17.3 Å². The van der Waals surface area contributed by atoms with Gasteiger partial charge in [-0.2, -0.15) is 0 Å².